The molecule has 2 atom stereocenters. The van der Waals surface area contributed by atoms with Crippen LogP contribution in [0.2, 0.25) is 0 Å². The molecule has 0 saturated carbocycles. The molecule has 174 valence electrons. The zero-order valence-electron chi connectivity index (χ0n) is 18.7. The summed E-state index contributed by atoms with van der Waals surface area (Å²) in [6.45, 7) is 1.19. The van der Waals surface area contributed by atoms with Crippen molar-refractivity contribution in [1.29, 1.82) is 0 Å². The van der Waals surface area contributed by atoms with Crippen LogP contribution in [0.3, 0.4) is 0 Å². The predicted molar refractivity (Wildman–Crippen MR) is 126 cm³/mol. The number of hydrogen-bond acceptors (Lipinski definition) is 6. The van der Waals surface area contributed by atoms with Gasteiger partial charge >= 0.3 is 0 Å². The third-order valence-electron chi connectivity index (χ3n) is 6.07. The number of benzene rings is 1. The number of aryl methyl sites for hydroxylation is 1. The molecule has 1 aliphatic heterocycles. The zero-order valence-corrected chi connectivity index (χ0v) is 18.7. The number of hydrogen-bond donors (Lipinski definition) is 2. The Morgan fingerprint density at radius 1 is 1.24 bits per heavy atom. The Labute approximate surface area is 196 Å². The summed E-state index contributed by atoms with van der Waals surface area (Å²) < 4.78 is 8.96. The Hall–Kier alpha value is -3.82. The highest BCUT2D eigenvalue weighted by atomic mass is 16.5. The summed E-state index contributed by atoms with van der Waals surface area (Å²) in [5.74, 6) is -0.337. The molecular formula is C25H25N5O4. The summed E-state index contributed by atoms with van der Waals surface area (Å²) in [5.41, 5.74) is 4.79. The van der Waals surface area contributed by atoms with Gasteiger partial charge in [0.1, 0.15) is 11.2 Å². The maximum absolute atomic E-state index is 13.1. The standard InChI is InChI=1S/C25H25N5O4/c1-29-10-8-20(28-29)17-4-2-16(3-5-17)12-30-13-19(24-22(30)7-6-18(14-31)26-24)25(33)27-21-9-11-34-15-23(21)32/h2-8,10,13-14,21,23,32H,9,11-12,15H2,1H3,(H,27,33)/t21-,23-/m0/s1. The number of aliphatic hydroxyl groups is 1. The molecule has 9 heteroatoms. The number of rotatable bonds is 6. The quantitative estimate of drug-likeness (QED) is 0.428. The number of ether oxygens (including phenoxy) is 1. The van der Waals surface area contributed by atoms with Gasteiger partial charge < -0.3 is 19.7 Å². The minimum atomic E-state index is -0.762. The van der Waals surface area contributed by atoms with Crippen LogP contribution in [0.1, 0.15) is 32.8 Å². The van der Waals surface area contributed by atoms with Crippen LogP contribution >= 0.6 is 0 Å². The molecule has 34 heavy (non-hydrogen) atoms. The van der Waals surface area contributed by atoms with Gasteiger partial charge in [-0.2, -0.15) is 5.10 Å². The SMILES string of the molecule is Cn1ccc(-c2ccc(Cn3cc(C(=O)N[C@H]4CCOC[C@@H]4O)c4nc(C=O)ccc43)cc2)n1. The molecule has 1 aliphatic rings. The predicted octanol–water partition coefficient (Wildman–Crippen LogP) is 2.18. The van der Waals surface area contributed by atoms with Crippen molar-refractivity contribution in [1.82, 2.24) is 24.6 Å². The fourth-order valence-electron chi connectivity index (χ4n) is 4.23. The Balaban J connectivity index is 1.44. The van der Waals surface area contributed by atoms with E-state index in [1.165, 1.54) is 0 Å². The molecular weight excluding hydrogens is 434 g/mol. The molecule has 0 aliphatic carbocycles. The third kappa shape index (κ3) is 4.35. The number of amides is 1. The zero-order chi connectivity index (χ0) is 23.7. The van der Waals surface area contributed by atoms with E-state index >= 15 is 0 Å². The summed E-state index contributed by atoms with van der Waals surface area (Å²) in [7, 11) is 1.88. The number of fused-ring (bicyclic) bond motifs is 1. The minimum Gasteiger partial charge on any atom is -0.389 e. The molecule has 9 nitrogen and oxygen atoms in total. The van der Waals surface area contributed by atoms with Gasteiger partial charge in [0.15, 0.2) is 6.29 Å². The summed E-state index contributed by atoms with van der Waals surface area (Å²) in [6, 6.07) is 13.1. The molecule has 4 aromatic rings. The van der Waals surface area contributed by atoms with E-state index < -0.39 is 12.1 Å². The molecule has 3 aromatic heterocycles. The molecule has 2 N–H and O–H groups in total. The first kappa shape index (κ1) is 22.0. The fourth-order valence-corrected chi connectivity index (χ4v) is 4.23. The lowest BCUT2D eigenvalue weighted by molar-refractivity contribution is -0.0260. The topological polar surface area (TPSA) is 111 Å². The van der Waals surface area contributed by atoms with E-state index in [0.29, 0.717) is 36.9 Å². The second kappa shape index (κ2) is 9.20. The molecule has 5 rings (SSSR count). The van der Waals surface area contributed by atoms with Crippen LogP contribution < -0.4 is 5.32 Å². The van der Waals surface area contributed by atoms with Crippen molar-refractivity contribution in [2.45, 2.75) is 25.1 Å². The smallest absolute Gasteiger partial charge is 0.255 e. The number of pyridine rings is 1. The molecule has 0 unspecified atom stereocenters. The highest BCUT2D eigenvalue weighted by Gasteiger charge is 2.27. The Morgan fingerprint density at radius 3 is 2.76 bits per heavy atom. The van der Waals surface area contributed by atoms with Crippen molar-refractivity contribution in [2.75, 3.05) is 13.2 Å². The van der Waals surface area contributed by atoms with E-state index in [0.717, 1.165) is 22.3 Å². The van der Waals surface area contributed by atoms with E-state index in [4.69, 9.17) is 4.74 Å². The number of aromatic nitrogens is 4. The lowest BCUT2D eigenvalue weighted by Gasteiger charge is -2.28. The van der Waals surface area contributed by atoms with E-state index in [-0.39, 0.29) is 18.2 Å². The van der Waals surface area contributed by atoms with Crippen molar-refractivity contribution in [2.24, 2.45) is 7.05 Å². The number of nitrogens with zero attached hydrogens (tertiary/aromatic N) is 4. The lowest BCUT2D eigenvalue weighted by Crippen LogP contribution is -2.48. The van der Waals surface area contributed by atoms with E-state index in [1.807, 2.05) is 48.1 Å². The molecule has 0 spiro atoms. The van der Waals surface area contributed by atoms with Crippen LogP contribution in [0.5, 0.6) is 0 Å². The normalized spacial score (nSPS) is 18.2. The van der Waals surface area contributed by atoms with Crippen molar-refractivity contribution in [3.05, 3.63) is 71.7 Å². The van der Waals surface area contributed by atoms with E-state index in [2.05, 4.69) is 15.4 Å². The summed E-state index contributed by atoms with van der Waals surface area (Å²) in [5, 5.41) is 17.5. The second-order valence-corrected chi connectivity index (χ2v) is 8.47. The molecule has 1 aromatic carbocycles. The van der Waals surface area contributed by atoms with Crippen LogP contribution in [-0.2, 0) is 18.3 Å². The summed E-state index contributed by atoms with van der Waals surface area (Å²) in [6.07, 6.45) is 4.09. The van der Waals surface area contributed by atoms with Gasteiger partial charge in [-0.15, -0.1) is 0 Å². The van der Waals surface area contributed by atoms with Gasteiger partial charge in [0.05, 0.1) is 35.5 Å². The number of nitrogens with one attached hydrogen (secondary N) is 1. The van der Waals surface area contributed by atoms with Gasteiger partial charge in [-0.05, 0) is 30.2 Å². The average Bonchev–Trinajstić information content (AvgIpc) is 3.44. The number of carbonyl (C=O) groups excluding carboxylic acids is 2. The third-order valence-corrected chi connectivity index (χ3v) is 6.07. The van der Waals surface area contributed by atoms with Crippen molar-refractivity contribution in [3.63, 3.8) is 0 Å². The largest absolute Gasteiger partial charge is 0.389 e. The molecule has 1 amide bonds. The van der Waals surface area contributed by atoms with Gasteiger partial charge in [0.2, 0.25) is 0 Å². The highest BCUT2D eigenvalue weighted by molar-refractivity contribution is 6.06. The minimum absolute atomic E-state index is 0.189. The second-order valence-electron chi connectivity index (χ2n) is 8.47. The van der Waals surface area contributed by atoms with Gasteiger partial charge in [0, 0.05) is 38.2 Å². The van der Waals surface area contributed by atoms with Crippen LogP contribution in [0.25, 0.3) is 22.3 Å². The van der Waals surface area contributed by atoms with Crippen molar-refractivity contribution >= 4 is 23.2 Å². The maximum atomic E-state index is 13.1. The molecule has 0 bridgehead atoms. The first-order valence-corrected chi connectivity index (χ1v) is 11.1. The number of aliphatic hydroxyl groups excluding tert-OH is 1. The Bertz CT molecular complexity index is 1340. The Morgan fingerprint density at radius 2 is 2.06 bits per heavy atom. The van der Waals surface area contributed by atoms with Gasteiger partial charge in [-0.1, -0.05) is 24.3 Å². The molecule has 1 fully saturated rings. The van der Waals surface area contributed by atoms with Gasteiger partial charge in [-0.25, -0.2) is 4.98 Å². The molecule has 4 heterocycles. The van der Waals surface area contributed by atoms with Crippen LogP contribution in [-0.4, -0.2) is 62.0 Å². The van der Waals surface area contributed by atoms with E-state index in [9.17, 15) is 14.7 Å². The van der Waals surface area contributed by atoms with Crippen LogP contribution in [0, 0.1) is 0 Å². The van der Waals surface area contributed by atoms with Crippen LogP contribution in [0.15, 0.2) is 54.9 Å². The molecule has 0 radical (unpaired) electrons. The Kier molecular flexibility index (Phi) is 5.95. The first-order valence-electron chi connectivity index (χ1n) is 11.1. The summed E-state index contributed by atoms with van der Waals surface area (Å²) >= 11 is 0. The highest BCUT2D eigenvalue weighted by Crippen LogP contribution is 2.23. The maximum Gasteiger partial charge on any atom is 0.255 e. The molecule has 1 saturated heterocycles. The number of carbonyl (C=O) groups is 2. The fraction of sp³-hybridized carbons (Fsp3) is 0.280. The lowest BCUT2D eigenvalue weighted by atomic mass is 10.1. The van der Waals surface area contributed by atoms with Gasteiger partial charge in [-0.3, -0.25) is 14.3 Å². The average molecular weight is 460 g/mol. The van der Waals surface area contributed by atoms with Crippen molar-refractivity contribution < 1.29 is 19.4 Å². The first-order chi connectivity index (χ1) is 16.5. The van der Waals surface area contributed by atoms with E-state index in [1.54, 1.807) is 23.0 Å². The number of aldehydes is 1. The van der Waals surface area contributed by atoms with Gasteiger partial charge in [0.25, 0.3) is 5.91 Å². The van der Waals surface area contributed by atoms with Crippen molar-refractivity contribution in [3.8, 4) is 11.3 Å². The van der Waals surface area contributed by atoms with Crippen LogP contribution in [0.4, 0.5) is 0 Å². The summed E-state index contributed by atoms with van der Waals surface area (Å²) in [4.78, 5) is 28.8. The monoisotopic (exact) mass is 459 g/mol.